The zero-order valence-electron chi connectivity index (χ0n) is 21.2. The Morgan fingerprint density at radius 2 is 1.89 bits per heavy atom. The van der Waals surface area contributed by atoms with E-state index in [-0.39, 0.29) is 50.3 Å². The lowest BCUT2D eigenvalue weighted by molar-refractivity contribution is -0.146. The van der Waals surface area contributed by atoms with Gasteiger partial charge in [-0.05, 0) is 56.7 Å². The van der Waals surface area contributed by atoms with Crippen LogP contribution in [0.15, 0.2) is 33.8 Å². The number of fused-ring (bicyclic) bond motifs is 2. The van der Waals surface area contributed by atoms with Crippen molar-refractivity contribution >= 4 is 29.3 Å². The quantitative estimate of drug-likeness (QED) is 0.469. The summed E-state index contributed by atoms with van der Waals surface area (Å²) in [6.45, 7) is 2.82. The molecule has 12 heteroatoms. The van der Waals surface area contributed by atoms with E-state index in [4.69, 9.17) is 4.52 Å². The summed E-state index contributed by atoms with van der Waals surface area (Å²) in [4.78, 5) is 59.4. The second kappa shape index (κ2) is 9.10. The van der Waals surface area contributed by atoms with Crippen LogP contribution in [-0.4, -0.2) is 75.1 Å². The Kier molecular flexibility index (Phi) is 6.15. The van der Waals surface area contributed by atoms with Gasteiger partial charge in [-0.1, -0.05) is 17.3 Å². The number of amides is 3. The summed E-state index contributed by atoms with van der Waals surface area (Å²) in [5.41, 5.74) is -1.96. The minimum Gasteiger partial charge on any atom is -0.361 e. The van der Waals surface area contributed by atoms with Gasteiger partial charge in [0.15, 0.2) is 11.7 Å². The van der Waals surface area contributed by atoms with Crippen molar-refractivity contribution in [3.8, 4) is 0 Å². The first-order chi connectivity index (χ1) is 17.9. The molecule has 1 atom stereocenters. The maximum Gasteiger partial charge on any atom is 0.298 e. The molecule has 10 nitrogen and oxygen atoms in total. The average Bonchev–Trinajstić information content (AvgIpc) is 3.23. The predicted octanol–water partition coefficient (Wildman–Crippen LogP) is 2.03. The number of alkyl halides is 1. The van der Waals surface area contributed by atoms with Gasteiger partial charge in [0.25, 0.3) is 23.5 Å². The second-order valence-corrected chi connectivity index (χ2v) is 10.3. The minimum absolute atomic E-state index is 0.0187. The molecule has 38 heavy (non-hydrogen) atoms. The first kappa shape index (κ1) is 25.7. The van der Waals surface area contributed by atoms with E-state index in [2.05, 4.69) is 15.5 Å². The molecule has 200 valence electrons. The monoisotopic (exact) mass is 527 g/mol. The number of carbonyl (C=O) groups excluding carboxylic acids is 4. The predicted molar refractivity (Wildman–Crippen MR) is 129 cm³/mol. The molecule has 1 N–H and O–H groups in total. The fraction of sp³-hybridized carbons (Fsp3) is 0.462. The number of aryl methyl sites for hydroxylation is 2. The Balaban J connectivity index is 1.49. The van der Waals surface area contributed by atoms with Crippen molar-refractivity contribution in [2.45, 2.75) is 63.3 Å². The lowest BCUT2D eigenvalue weighted by Crippen LogP contribution is -2.64. The van der Waals surface area contributed by atoms with Crippen LogP contribution in [0, 0.1) is 19.7 Å². The Morgan fingerprint density at radius 1 is 1.18 bits per heavy atom. The minimum atomic E-state index is -1.75. The molecular formula is C26H27F2N5O5. The van der Waals surface area contributed by atoms with Gasteiger partial charge < -0.3 is 14.7 Å². The Bertz CT molecular complexity index is 1380. The molecule has 2 saturated heterocycles. The molecule has 0 spiro atoms. The molecule has 0 radical (unpaired) electrons. The van der Waals surface area contributed by atoms with E-state index < -0.39 is 46.6 Å². The number of aromatic nitrogens is 1. The summed E-state index contributed by atoms with van der Waals surface area (Å²) in [5, 5.41) is 6.37. The molecule has 1 saturated carbocycles. The second-order valence-electron chi connectivity index (χ2n) is 10.3. The van der Waals surface area contributed by atoms with Crippen molar-refractivity contribution in [1.29, 1.82) is 0 Å². The standard InChI is InChI=1S/C26H27F2N5O5/c1-14-10-16(4-5-17(14)27)12-29-21(35)19-20(34)23(37)33-13-25(28)6-8-26(9-7-25,24(33)30-19)32(3)22(36)18-11-15(2)38-31-18/h4-5,10-11,19H,6-9,12-13H2,1-3H3,(H,29,35). The van der Waals surface area contributed by atoms with Gasteiger partial charge in [-0.15, -0.1) is 0 Å². The smallest absolute Gasteiger partial charge is 0.298 e. The zero-order valence-corrected chi connectivity index (χ0v) is 21.2. The summed E-state index contributed by atoms with van der Waals surface area (Å²) in [5.74, 6) is -3.40. The van der Waals surface area contributed by atoms with Crippen LogP contribution in [0.5, 0.6) is 0 Å². The summed E-state index contributed by atoms with van der Waals surface area (Å²) >= 11 is 0. The van der Waals surface area contributed by atoms with E-state index in [1.165, 1.54) is 30.1 Å². The summed E-state index contributed by atoms with van der Waals surface area (Å²) in [6, 6.07) is 4.10. The maximum absolute atomic E-state index is 15.7. The fourth-order valence-corrected chi connectivity index (χ4v) is 5.49. The van der Waals surface area contributed by atoms with E-state index in [0.29, 0.717) is 16.9 Å². The first-order valence-electron chi connectivity index (χ1n) is 12.3. The number of nitrogens with zero attached hydrogens (tertiary/aromatic N) is 4. The Morgan fingerprint density at radius 3 is 2.53 bits per heavy atom. The SMILES string of the molecule is Cc1cc(C(=O)N(C)C23CCC(F)(CC2)CN2C(=O)C(=O)C(C(=O)NCc4ccc(F)c(C)c4)N=C23)no1. The number of aliphatic imine (C=N–C) groups is 1. The lowest BCUT2D eigenvalue weighted by atomic mass is 9.75. The molecule has 2 bridgehead atoms. The van der Waals surface area contributed by atoms with Gasteiger partial charge in [0.05, 0.1) is 6.54 Å². The van der Waals surface area contributed by atoms with Crippen molar-refractivity contribution in [3.63, 3.8) is 0 Å². The lowest BCUT2D eigenvalue weighted by Gasteiger charge is -2.46. The van der Waals surface area contributed by atoms with Crippen LogP contribution in [0.4, 0.5) is 8.78 Å². The van der Waals surface area contributed by atoms with Crippen molar-refractivity contribution in [1.82, 2.24) is 20.3 Å². The van der Waals surface area contributed by atoms with Crippen LogP contribution in [0.3, 0.4) is 0 Å². The number of amidine groups is 1. The number of likely N-dealkylation sites (N-methyl/N-ethyl adjacent to an activating group) is 1. The molecule has 3 amide bonds. The van der Waals surface area contributed by atoms with Crippen LogP contribution < -0.4 is 5.32 Å². The number of Topliss-reactive ketones (excluding diaryl/α,β-unsaturated/α-hetero) is 1. The van der Waals surface area contributed by atoms with E-state index in [9.17, 15) is 23.6 Å². The molecule has 6 rings (SSSR count). The van der Waals surface area contributed by atoms with Crippen LogP contribution in [-0.2, 0) is 20.9 Å². The number of nitrogens with one attached hydrogen (secondary N) is 1. The van der Waals surface area contributed by atoms with E-state index in [1.54, 1.807) is 19.9 Å². The van der Waals surface area contributed by atoms with Crippen molar-refractivity contribution in [3.05, 3.63) is 52.7 Å². The Labute approximate surface area is 217 Å². The summed E-state index contributed by atoms with van der Waals surface area (Å²) in [6.07, 6.45) is 0.367. The van der Waals surface area contributed by atoms with Gasteiger partial charge in [0.1, 0.15) is 28.6 Å². The normalized spacial score (nSPS) is 26.5. The number of rotatable bonds is 5. The van der Waals surface area contributed by atoms with Gasteiger partial charge in [-0.3, -0.25) is 24.1 Å². The topological polar surface area (TPSA) is 125 Å². The Hall–Kier alpha value is -3.96. The number of benzene rings is 1. The molecule has 3 fully saturated rings. The van der Waals surface area contributed by atoms with Gasteiger partial charge in [0, 0.05) is 19.7 Å². The van der Waals surface area contributed by atoms with Gasteiger partial charge in [-0.25, -0.2) is 13.8 Å². The molecule has 1 unspecified atom stereocenters. The number of carbonyl (C=O) groups is 4. The molecule has 3 aliphatic heterocycles. The van der Waals surface area contributed by atoms with E-state index in [0.717, 1.165) is 4.90 Å². The highest BCUT2D eigenvalue weighted by atomic mass is 19.1. The van der Waals surface area contributed by atoms with E-state index >= 15 is 4.39 Å². The molecular weight excluding hydrogens is 500 g/mol. The third-order valence-corrected chi connectivity index (χ3v) is 7.77. The zero-order chi connectivity index (χ0) is 27.4. The number of halogens is 2. The van der Waals surface area contributed by atoms with Gasteiger partial charge >= 0.3 is 0 Å². The van der Waals surface area contributed by atoms with Gasteiger partial charge in [0.2, 0.25) is 0 Å². The van der Waals surface area contributed by atoms with E-state index in [1.807, 2.05) is 0 Å². The number of hydrogen-bond donors (Lipinski definition) is 1. The first-order valence-corrected chi connectivity index (χ1v) is 12.3. The molecule has 4 aliphatic rings. The van der Waals surface area contributed by atoms with Crippen LogP contribution in [0.1, 0.15) is 53.1 Å². The third-order valence-electron chi connectivity index (χ3n) is 7.77. The number of hydrogen-bond acceptors (Lipinski definition) is 7. The molecule has 1 aliphatic carbocycles. The highest BCUT2D eigenvalue weighted by Gasteiger charge is 2.59. The van der Waals surface area contributed by atoms with Crippen molar-refractivity contribution < 1.29 is 32.5 Å². The molecule has 2 aromatic rings. The average molecular weight is 528 g/mol. The van der Waals surface area contributed by atoms with Gasteiger partial charge in [-0.2, -0.15) is 0 Å². The van der Waals surface area contributed by atoms with Crippen LogP contribution in [0.25, 0.3) is 0 Å². The van der Waals surface area contributed by atoms with Crippen LogP contribution in [0.2, 0.25) is 0 Å². The van der Waals surface area contributed by atoms with Crippen molar-refractivity contribution in [2.75, 3.05) is 13.6 Å². The molecule has 1 aromatic carbocycles. The summed E-state index contributed by atoms with van der Waals surface area (Å²) in [7, 11) is 1.51. The van der Waals surface area contributed by atoms with Crippen molar-refractivity contribution in [2.24, 2.45) is 4.99 Å². The largest absolute Gasteiger partial charge is 0.361 e. The fourth-order valence-electron chi connectivity index (χ4n) is 5.49. The third kappa shape index (κ3) is 4.17. The molecule has 1 aromatic heterocycles. The highest BCUT2D eigenvalue weighted by Crippen LogP contribution is 2.47. The maximum atomic E-state index is 15.7. The van der Waals surface area contributed by atoms with Crippen LogP contribution >= 0.6 is 0 Å². The summed E-state index contributed by atoms with van der Waals surface area (Å²) < 4.78 is 34.3. The number of ketones is 1. The highest BCUT2D eigenvalue weighted by molar-refractivity contribution is 6.46. The molecule has 4 heterocycles.